The number of aromatic amines is 1. The van der Waals surface area contributed by atoms with Gasteiger partial charge in [0.2, 0.25) is 5.91 Å². The highest BCUT2D eigenvalue weighted by atomic mass is 35.5. The topological polar surface area (TPSA) is 88.5 Å². The van der Waals surface area contributed by atoms with Gasteiger partial charge in [0, 0.05) is 41.2 Å². The van der Waals surface area contributed by atoms with E-state index in [0.29, 0.717) is 28.3 Å². The Hall–Kier alpha value is -2.67. The second-order valence-electron chi connectivity index (χ2n) is 5.79. The summed E-state index contributed by atoms with van der Waals surface area (Å²) >= 11 is 5.95. The van der Waals surface area contributed by atoms with Gasteiger partial charge in [0.05, 0.1) is 12.1 Å². The molecule has 4 rings (SSSR count). The van der Waals surface area contributed by atoms with Crippen LogP contribution in [0.25, 0.3) is 5.82 Å². The molecule has 1 aliphatic rings. The van der Waals surface area contributed by atoms with Gasteiger partial charge in [-0.2, -0.15) is 10.2 Å². The lowest BCUT2D eigenvalue weighted by molar-refractivity contribution is -0.115. The first-order valence-electron chi connectivity index (χ1n) is 7.69. The molecule has 1 fully saturated rings. The lowest BCUT2D eigenvalue weighted by atomic mass is 10.3. The largest absolute Gasteiger partial charge is 0.309 e. The number of carbonyl (C=O) groups excluding carboxylic acids is 1. The highest BCUT2D eigenvalue weighted by Crippen LogP contribution is 2.39. The van der Waals surface area contributed by atoms with Crippen LogP contribution in [0, 0.1) is 0 Å². The van der Waals surface area contributed by atoms with Crippen LogP contribution in [0.15, 0.2) is 36.7 Å². The molecule has 3 aromatic rings. The van der Waals surface area contributed by atoms with Crippen molar-refractivity contribution in [2.75, 3.05) is 5.32 Å². The van der Waals surface area contributed by atoms with Crippen molar-refractivity contribution in [2.45, 2.75) is 25.2 Å². The van der Waals surface area contributed by atoms with Crippen LogP contribution in [0.4, 0.5) is 5.82 Å². The molecule has 2 N–H and O–H groups in total. The van der Waals surface area contributed by atoms with E-state index in [4.69, 9.17) is 11.6 Å². The van der Waals surface area contributed by atoms with Crippen molar-refractivity contribution < 1.29 is 4.79 Å². The van der Waals surface area contributed by atoms with E-state index in [9.17, 15) is 4.79 Å². The quantitative estimate of drug-likeness (QED) is 0.746. The average Bonchev–Trinajstić information content (AvgIpc) is 3.13. The van der Waals surface area contributed by atoms with Crippen LogP contribution in [0.2, 0.25) is 5.02 Å². The number of halogens is 1. The second kappa shape index (κ2) is 6.09. The van der Waals surface area contributed by atoms with Crippen molar-refractivity contribution in [2.24, 2.45) is 0 Å². The Morgan fingerprint density at radius 3 is 3.04 bits per heavy atom. The molecule has 0 aromatic carbocycles. The van der Waals surface area contributed by atoms with Crippen LogP contribution in [0.1, 0.15) is 30.1 Å². The van der Waals surface area contributed by atoms with E-state index in [-0.39, 0.29) is 12.3 Å². The third-order valence-corrected chi connectivity index (χ3v) is 4.05. The number of H-pyrrole nitrogens is 1. The summed E-state index contributed by atoms with van der Waals surface area (Å²) in [5.74, 6) is 1.57. The normalized spacial score (nSPS) is 13.9. The number of aromatic nitrogens is 5. The molecule has 0 spiro atoms. The monoisotopic (exact) mass is 342 g/mol. The van der Waals surface area contributed by atoms with Crippen molar-refractivity contribution in [1.82, 2.24) is 25.0 Å². The number of anilines is 1. The van der Waals surface area contributed by atoms with Gasteiger partial charge in [0.25, 0.3) is 0 Å². The van der Waals surface area contributed by atoms with Crippen LogP contribution in [-0.4, -0.2) is 30.9 Å². The van der Waals surface area contributed by atoms with Crippen LogP contribution >= 0.6 is 11.6 Å². The first-order valence-corrected chi connectivity index (χ1v) is 8.07. The smallest absolute Gasteiger partial charge is 0.231 e. The average molecular weight is 343 g/mol. The van der Waals surface area contributed by atoms with Crippen molar-refractivity contribution in [1.29, 1.82) is 0 Å². The maximum absolute atomic E-state index is 12.1. The van der Waals surface area contributed by atoms with E-state index in [2.05, 4.69) is 25.6 Å². The van der Waals surface area contributed by atoms with Crippen molar-refractivity contribution in [3.63, 3.8) is 0 Å². The fourth-order valence-corrected chi connectivity index (χ4v) is 2.61. The number of hydrogen-bond donors (Lipinski definition) is 2. The number of nitrogens with one attached hydrogen (secondary N) is 2. The van der Waals surface area contributed by atoms with Gasteiger partial charge in [-0.25, -0.2) is 9.67 Å². The molecule has 122 valence electrons. The minimum Gasteiger partial charge on any atom is -0.309 e. The van der Waals surface area contributed by atoms with E-state index in [1.807, 2.05) is 6.07 Å². The van der Waals surface area contributed by atoms with Gasteiger partial charge in [0.1, 0.15) is 0 Å². The van der Waals surface area contributed by atoms with Crippen LogP contribution in [0.5, 0.6) is 0 Å². The fraction of sp³-hybridized carbons (Fsp3) is 0.250. The first-order chi connectivity index (χ1) is 11.7. The fourth-order valence-electron chi connectivity index (χ4n) is 2.46. The predicted molar refractivity (Wildman–Crippen MR) is 89.3 cm³/mol. The van der Waals surface area contributed by atoms with E-state index >= 15 is 0 Å². The Labute approximate surface area is 143 Å². The molecule has 7 nitrogen and oxygen atoms in total. The van der Waals surface area contributed by atoms with Crippen LogP contribution in [-0.2, 0) is 11.2 Å². The Kier molecular flexibility index (Phi) is 3.78. The van der Waals surface area contributed by atoms with Gasteiger partial charge in [-0.3, -0.25) is 9.89 Å². The van der Waals surface area contributed by atoms with E-state index in [0.717, 1.165) is 5.69 Å². The molecule has 3 heterocycles. The number of nitrogens with zero attached hydrogens (tertiary/aromatic N) is 4. The van der Waals surface area contributed by atoms with E-state index in [1.165, 1.54) is 12.8 Å². The SMILES string of the molecule is O=C(Cc1ccn(-c2cc(Cl)ccn2)n1)Nc1cc(C2CC2)[nH]n1. The number of hydrogen-bond acceptors (Lipinski definition) is 4. The molecule has 0 unspecified atom stereocenters. The highest BCUT2D eigenvalue weighted by molar-refractivity contribution is 6.30. The van der Waals surface area contributed by atoms with Gasteiger partial charge in [-0.05, 0) is 25.0 Å². The Balaban J connectivity index is 1.40. The molecule has 8 heteroatoms. The summed E-state index contributed by atoms with van der Waals surface area (Å²) in [7, 11) is 0. The number of pyridine rings is 1. The first kappa shape index (κ1) is 14.9. The summed E-state index contributed by atoms with van der Waals surface area (Å²) < 4.78 is 1.59. The lowest BCUT2D eigenvalue weighted by Gasteiger charge is -2.01. The molecule has 1 aliphatic carbocycles. The minimum atomic E-state index is -0.159. The molecular formula is C16H15ClN6O. The maximum atomic E-state index is 12.1. The summed E-state index contributed by atoms with van der Waals surface area (Å²) in [6.07, 6.45) is 5.90. The molecule has 0 atom stereocenters. The molecule has 0 aliphatic heterocycles. The van der Waals surface area contributed by atoms with Crippen molar-refractivity contribution in [3.8, 4) is 5.82 Å². The lowest BCUT2D eigenvalue weighted by Crippen LogP contribution is -2.15. The zero-order valence-corrected chi connectivity index (χ0v) is 13.5. The Morgan fingerprint density at radius 2 is 2.25 bits per heavy atom. The van der Waals surface area contributed by atoms with E-state index < -0.39 is 0 Å². The molecular weight excluding hydrogens is 328 g/mol. The second-order valence-corrected chi connectivity index (χ2v) is 6.23. The van der Waals surface area contributed by atoms with Gasteiger partial charge >= 0.3 is 0 Å². The third kappa shape index (κ3) is 3.30. The minimum absolute atomic E-state index is 0.159. The molecule has 3 aromatic heterocycles. The van der Waals surface area contributed by atoms with Crippen LogP contribution < -0.4 is 5.32 Å². The summed E-state index contributed by atoms with van der Waals surface area (Å²) in [5, 5.41) is 14.8. The zero-order valence-electron chi connectivity index (χ0n) is 12.7. The molecule has 1 saturated carbocycles. The van der Waals surface area contributed by atoms with Crippen molar-refractivity contribution >= 4 is 23.3 Å². The van der Waals surface area contributed by atoms with Crippen LogP contribution in [0.3, 0.4) is 0 Å². The molecule has 0 bridgehead atoms. The Morgan fingerprint density at radius 1 is 1.38 bits per heavy atom. The summed E-state index contributed by atoms with van der Waals surface area (Å²) in [6, 6.07) is 7.08. The number of rotatable bonds is 5. The summed E-state index contributed by atoms with van der Waals surface area (Å²) in [4.78, 5) is 16.3. The zero-order chi connectivity index (χ0) is 16.5. The molecule has 0 saturated heterocycles. The van der Waals surface area contributed by atoms with Gasteiger partial charge in [-0.15, -0.1) is 0 Å². The number of carbonyl (C=O) groups is 1. The molecule has 1 amide bonds. The molecule has 0 radical (unpaired) electrons. The van der Waals surface area contributed by atoms with Gasteiger partial charge in [-0.1, -0.05) is 11.6 Å². The van der Waals surface area contributed by atoms with Gasteiger partial charge in [0.15, 0.2) is 11.6 Å². The van der Waals surface area contributed by atoms with Crippen molar-refractivity contribution in [3.05, 3.63) is 53.1 Å². The summed E-state index contributed by atoms with van der Waals surface area (Å²) in [5.41, 5.74) is 1.73. The number of amides is 1. The predicted octanol–water partition coefficient (Wildman–Crippen LogP) is 2.70. The highest BCUT2D eigenvalue weighted by Gasteiger charge is 2.25. The van der Waals surface area contributed by atoms with Gasteiger partial charge < -0.3 is 5.32 Å². The Bertz CT molecular complexity index is 882. The third-order valence-electron chi connectivity index (χ3n) is 3.81. The maximum Gasteiger partial charge on any atom is 0.231 e. The summed E-state index contributed by atoms with van der Waals surface area (Å²) in [6.45, 7) is 0. The standard InChI is InChI=1S/C16H15ClN6O/c17-11-3-5-18-15(7-11)23-6-4-12(22-23)8-16(24)19-14-9-13(20-21-14)10-1-2-10/h3-7,9-10H,1-2,8H2,(H2,19,20,21,24). The van der Waals surface area contributed by atoms with E-state index in [1.54, 1.807) is 35.3 Å². The molecule has 24 heavy (non-hydrogen) atoms.